The van der Waals surface area contributed by atoms with E-state index >= 15 is 0 Å². The Morgan fingerprint density at radius 2 is 1.94 bits per heavy atom. The highest BCUT2D eigenvalue weighted by Crippen LogP contribution is 2.28. The topological polar surface area (TPSA) is 126 Å². The van der Waals surface area contributed by atoms with Crippen LogP contribution in [0.5, 0.6) is 0 Å². The van der Waals surface area contributed by atoms with Crippen molar-refractivity contribution in [2.75, 3.05) is 36.4 Å². The third-order valence-electron chi connectivity index (χ3n) is 6.16. The van der Waals surface area contributed by atoms with Crippen LogP contribution < -0.4 is 21.1 Å². The molecule has 0 radical (unpaired) electrons. The molecular weight excluding hydrogens is 396 g/mol. The van der Waals surface area contributed by atoms with Crippen LogP contribution in [0.3, 0.4) is 0 Å². The quantitative estimate of drug-likeness (QED) is 0.437. The highest BCUT2D eigenvalue weighted by atomic mass is 16.3. The van der Waals surface area contributed by atoms with Crippen LogP contribution in [0.25, 0.3) is 0 Å². The van der Waals surface area contributed by atoms with Gasteiger partial charge in [0, 0.05) is 30.7 Å². The van der Waals surface area contributed by atoms with E-state index in [0.29, 0.717) is 38.3 Å². The first-order valence-electron chi connectivity index (χ1n) is 10.7. The van der Waals surface area contributed by atoms with Crippen LogP contribution in [0.1, 0.15) is 31.7 Å². The number of aliphatic hydroxyl groups is 2. The SMILES string of the molecule is CC1(O)CCN(c2ccc(Nc3ncn(CC4(O)CCNCC4)c(=O)c3C=N)cc2)C1. The highest BCUT2D eigenvalue weighted by Gasteiger charge is 2.32. The summed E-state index contributed by atoms with van der Waals surface area (Å²) in [6.07, 6.45) is 4.30. The Morgan fingerprint density at radius 3 is 2.55 bits per heavy atom. The fraction of sp³-hybridized carbons (Fsp3) is 0.500. The molecule has 1 aromatic heterocycles. The molecular formula is C22H30N6O3. The zero-order valence-corrected chi connectivity index (χ0v) is 17.8. The molecule has 2 aliphatic rings. The summed E-state index contributed by atoms with van der Waals surface area (Å²) < 4.78 is 1.39. The molecule has 0 saturated carbocycles. The summed E-state index contributed by atoms with van der Waals surface area (Å²) in [5.41, 5.74) is -0.0323. The normalized spacial score (nSPS) is 23.0. The highest BCUT2D eigenvalue weighted by molar-refractivity contribution is 5.85. The molecule has 0 bridgehead atoms. The van der Waals surface area contributed by atoms with E-state index < -0.39 is 11.2 Å². The molecule has 2 aromatic rings. The minimum Gasteiger partial charge on any atom is -0.388 e. The fourth-order valence-corrected chi connectivity index (χ4v) is 4.27. The van der Waals surface area contributed by atoms with E-state index in [1.807, 2.05) is 31.2 Å². The van der Waals surface area contributed by atoms with Crippen molar-refractivity contribution < 1.29 is 10.2 Å². The number of hydrogen-bond acceptors (Lipinski definition) is 8. The van der Waals surface area contributed by atoms with Gasteiger partial charge in [-0.25, -0.2) is 4.98 Å². The van der Waals surface area contributed by atoms with Gasteiger partial charge in [0.05, 0.1) is 24.1 Å². The van der Waals surface area contributed by atoms with E-state index in [1.165, 1.54) is 10.9 Å². The standard InChI is InChI=1S/C22H30N6O3/c1-21(30)8-11-27(13-21)17-4-2-16(3-5-17)26-19-18(12-23)20(29)28(15-25-19)14-22(31)6-9-24-10-7-22/h2-5,12,15,23-24,26,30-31H,6-11,13-14H2,1H3. The van der Waals surface area contributed by atoms with Crippen molar-refractivity contribution in [3.8, 4) is 0 Å². The summed E-state index contributed by atoms with van der Waals surface area (Å²) in [5, 5.41) is 35.0. The van der Waals surface area contributed by atoms with Crippen LogP contribution >= 0.6 is 0 Å². The summed E-state index contributed by atoms with van der Waals surface area (Å²) in [6.45, 7) is 4.83. The molecule has 1 unspecified atom stereocenters. The second-order valence-corrected chi connectivity index (χ2v) is 8.90. The van der Waals surface area contributed by atoms with Gasteiger partial charge in [0.2, 0.25) is 0 Å². The van der Waals surface area contributed by atoms with Gasteiger partial charge >= 0.3 is 0 Å². The van der Waals surface area contributed by atoms with E-state index in [1.54, 1.807) is 0 Å². The Bertz CT molecular complexity index is 995. The first-order chi connectivity index (χ1) is 14.8. The van der Waals surface area contributed by atoms with Gasteiger partial charge in [0.15, 0.2) is 0 Å². The Labute approximate surface area is 181 Å². The fourth-order valence-electron chi connectivity index (χ4n) is 4.27. The van der Waals surface area contributed by atoms with Gasteiger partial charge in [-0.1, -0.05) is 0 Å². The molecule has 1 atom stereocenters. The van der Waals surface area contributed by atoms with Crippen molar-refractivity contribution in [3.63, 3.8) is 0 Å². The molecule has 0 aliphatic carbocycles. The molecule has 0 spiro atoms. The molecule has 9 heteroatoms. The lowest BCUT2D eigenvalue weighted by molar-refractivity contribution is -0.00641. The third kappa shape index (κ3) is 4.79. The van der Waals surface area contributed by atoms with E-state index in [9.17, 15) is 15.0 Å². The first kappa shape index (κ1) is 21.5. The predicted molar refractivity (Wildman–Crippen MR) is 121 cm³/mol. The van der Waals surface area contributed by atoms with Gasteiger partial charge in [-0.05, 0) is 63.5 Å². The zero-order chi connectivity index (χ0) is 22.1. The van der Waals surface area contributed by atoms with Crippen LogP contribution in [0.15, 0.2) is 35.4 Å². The Hall–Kier alpha value is -2.75. The number of nitrogens with one attached hydrogen (secondary N) is 3. The molecule has 2 fully saturated rings. The minimum atomic E-state index is -0.943. The number of β-amino-alcohol motifs (C(OH)–C–C–N with tert-alkyl or cyclic N) is 1. The smallest absolute Gasteiger partial charge is 0.264 e. The molecule has 2 saturated heterocycles. The van der Waals surface area contributed by atoms with Crippen molar-refractivity contribution in [2.24, 2.45) is 0 Å². The lowest BCUT2D eigenvalue weighted by atomic mass is 9.92. The van der Waals surface area contributed by atoms with Gasteiger partial charge in [-0.15, -0.1) is 0 Å². The van der Waals surface area contributed by atoms with Crippen molar-refractivity contribution >= 4 is 23.4 Å². The summed E-state index contributed by atoms with van der Waals surface area (Å²) in [7, 11) is 0. The van der Waals surface area contributed by atoms with E-state index in [0.717, 1.165) is 30.6 Å². The van der Waals surface area contributed by atoms with Crippen LogP contribution in [-0.4, -0.2) is 63.4 Å². The van der Waals surface area contributed by atoms with E-state index in [4.69, 9.17) is 5.41 Å². The lowest BCUT2D eigenvalue weighted by Gasteiger charge is -2.32. The summed E-state index contributed by atoms with van der Waals surface area (Å²) in [5.74, 6) is 0.311. The number of piperidine rings is 1. The Morgan fingerprint density at radius 1 is 1.23 bits per heavy atom. The summed E-state index contributed by atoms with van der Waals surface area (Å²) in [4.78, 5) is 19.4. The number of anilines is 3. The largest absolute Gasteiger partial charge is 0.388 e. The molecule has 9 nitrogen and oxygen atoms in total. The summed E-state index contributed by atoms with van der Waals surface area (Å²) >= 11 is 0. The number of benzene rings is 1. The molecule has 4 rings (SSSR count). The zero-order valence-electron chi connectivity index (χ0n) is 17.8. The summed E-state index contributed by atoms with van der Waals surface area (Å²) in [6, 6.07) is 7.70. The number of aromatic nitrogens is 2. The third-order valence-corrected chi connectivity index (χ3v) is 6.16. The van der Waals surface area contributed by atoms with Crippen molar-refractivity contribution in [3.05, 3.63) is 46.5 Å². The Kier molecular flexibility index (Phi) is 5.83. The van der Waals surface area contributed by atoms with Crippen molar-refractivity contribution in [1.29, 1.82) is 5.41 Å². The second-order valence-electron chi connectivity index (χ2n) is 8.90. The Balaban J connectivity index is 1.50. The number of rotatable bonds is 6. The molecule has 3 heterocycles. The van der Waals surface area contributed by atoms with Crippen LogP contribution in [0.4, 0.5) is 17.2 Å². The van der Waals surface area contributed by atoms with E-state index in [2.05, 4.69) is 20.5 Å². The predicted octanol–water partition coefficient (Wildman–Crippen LogP) is 1.06. The molecule has 2 aliphatic heterocycles. The van der Waals surface area contributed by atoms with Gasteiger partial charge in [0.25, 0.3) is 5.56 Å². The average molecular weight is 427 g/mol. The van der Waals surface area contributed by atoms with Crippen LogP contribution in [0, 0.1) is 5.41 Å². The number of hydrogen-bond donors (Lipinski definition) is 5. The van der Waals surface area contributed by atoms with Gasteiger partial charge in [0.1, 0.15) is 11.4 Å². The maximum absolute atomic E-state index is 12.9. The average Bonchev–Trinajstić information content (AvgIpc) is 3.11. The maximum atomic E-state index is 12.9. The second kappa shape index (κ2) is 8.41. The van der Waals surface area contributed by atoms with Gasteiger partial charge in [-0.2, -0.15) is 0 Å². The molecule has 1 aromatic carbocycles. The van der Waals surface area contributed by atoms with Crippen LogP contribution in [0.2, 0.25) is 0 Å². The van der Waals surface area contributed by atoms with E-state index in [-0.39, 0.29) is 17.7 Å². The molecule has 166 valence electrons. The maximum Gasteiger partial charge on any atom is 0.264 e. The minimum absolute atomic E-state index is 0.153. The molecule has 0 amide bonds. The van der Waals surface area contributed by atoms with Gasteiger partial charge < -0.3 is 31.2 Å². The van der Waals surface area contributed by atoms with Crippen molar-refractivity contribution in [1.82, 2.24) is 14.9 Å². The van der Waals surface area contributed by atoms with Crippen LogP contribution in [-0.2, 0) is 6.54 Å². The number of nitrogens with zero attached hydrogens (tertiary/aromatic N) is 3. The lowest BCUT2D eigenvalue weighted by Crippen LogP contribution is -2.46. The van der Waals surface area contributed by atoms with Crippen molar-refractivity contribution in [2.45, 2.75) is 43.9 Å². The van der Waals surface area contributed by atoms with Gasteiger partial charge in [-0.3, -0.25) is 9.36 Å². The first-order valence-corrected chi connectivity index (χ1v) is 10.7. The molecule has 31 heavy (non-hydrogen) atoms. The monoisotopic (exact) mass is 426 g/mol. The molecule has 5 N–H and O–H groups in total.